The maximum absolute atomic E-state index is 10.2. The van der Waals surface area contributed by atoms with Gasteiger partial charge in [-0.05, 0) is 42.3 Å². The summed E-state index contributed by atoms with van der Waals surface area (Å²) < 4.78 is 5.42. The third kappa shape index (κ3) is 7.77. The van der Waals surface area contributed by atoms with Gasteiger partial charge in [0, 0.05) is 55.7 Å². The standard InChI is InChI=1S/C30H33N5O3/c1-22(12-13-31)32-19-27(18-28-29(36)30(37)34-21-33-28)26-10-8-24(9-11-26)3-2-23-4-6-25(7-5-23)20-35-14-16-38-17-15-35/h4-11,21-22,27,32,36H,12,14-20H2,1H3,(H,33,34,37)/t22-,27?/m1/s1. The molecule has 1 aliphatic rings. The number of hydrogen-bond acceptors (Lipinski definition) is 8. The van der Waals surface area contributed by atoms with Gasteiger partial charge in [-0.3, -0.25) is 4.90 Å². The number of nitrogens with one attached hydrogen (secondary N) is 1. The van der Waals surface area contributed by atoms with Crippen molar-refractivity contribution in [2.75, 3.05) is 32.8 Å². The molecule has 3 aromatic rings. The predicted octanol–water partition coefficient (Wildman–Crippen LogP) is 3.34. The molecule has 1 fully saturated rings. The predicted molar refractivity (Wildman–Crippen MR) is 144 cm³/mol. The molecular formula is C30H33N5O3. The second-order valence-corrected chi connectivity index (χ2v) is 9.52. The molecule has 2 aromatic carbocycles. The molecule has 0 saturated carbocycles. The van der Waals surface area contributed by atoms with Gasteiger partial charge < -0.3 is 20.3 Å². The summed E-state index contributed by atoms with van der Waals surface area (Å²) in [5.41, 5.74) is 4.55. The molecular weight excluding hydrogens is 478 g/mol. The van der Waals surface area contributed by atoms with Crippen molar-refractivity contribution in [3.8, 4) is 29.5 Å². The summed E-state index contributed by atoms with van der Waals surface area (Å²) in [4.78, 5) is 10.2. The van der Waals surface area contributed by atoms with Crippen molar-refractivity contribution in [1.82, 2.24) is 20.2 Å². The molecule has 4 rings (SSSR count). The van der Waals surface area contributed by atoms with Crippen LogP contribution in [0.2, 0.25) is 0 Å². The van der Waals surface area contributed by atoms with E-state index in [2.05, 4.69) is 62.4 Å². The van der Waals surface area contributed by atoms with E-state index in [1.54, 1.807) is 0 Å². The van der Waals surface area contributed by atoms with Crippen molar-refractivity contribution in [2.24, 2.45) is 0 Å². The van der Waals surface area contributed by atoms with Crippen molar-refractivity contribution < 1.29 is 14.9 Å². The number of rotatable bonds is 9. The number of aromatic nitrogens is 2. The minimum absolute atomic E-state index is 0.0281. The van der Waals surface area contributed by atoms with Crippen molar-refractivity contribution in [1.29, 1.82) is 5.26 Å². The van der Waals surface area contributed by atoms with Gasteiger partial charge in [0.25, 0.3) is 5.88 Å². The first-order chi connectivity index (χ1) is 18.5. The summed E-state index contributed by atoms with van der Waals surface area (Å²) >= 11 is 0. The summed E-state index contributed by atoms with van der Waals surface area (Å²) in [6, 6.07) is 18.6. The summed E-state index contributed by atoms with van der Waals surface area (Å²) in [6.45, 7) is 7.00. The molecule has 0 aliphatic carbocycles. The number of hydrogen-bond donors (Lipinski definition) is 3. The fourth-order valence-electron chi connectivity index (χ4n) is 4.34. The molecule has 0 bridgehead atoms. The van der Waals surface area contributed by atoms with Crippen molar-refractivity contribution >= 4 is 0 Å². The first-order valence-electron chi connectivity index (χ1n) is 12.8. The molecule has 0 spiro atoms. The van der Waals surface area contributed by atoms with Crippen LogP contribution in [0.3, 0.4) is 0 Å². The number of benzene rings is 2. The van der Waals surface area contributed by atoms with Crippen LogP contribution in [0, 0.1) is 23.2 Å². The fourth-order valence-corrected chi connectivity index (χ4v) is 4.34. The minimum atomic E-state index is -0.431. The molecule has 0 radical (unpaired) electrons. The summed E-state index contributed by atoms with van der Waals surface area (Å²) in [5.74, 6) is 5.70. The molecule has 0 amide bonds. The Bertz CT molecular complexity index is 1290. The minimum Gasteiger partial charge on any atom is -0.502 e. The summed E-state index contributed by atoms with van der Waals surface area (Å²) in [7, 11) is 0. The topological polar surface area (TPSA) is 115 Å². The third-order valence-electron chi connectivity index (χ3n) is 6.63. The second kappa shape index (κ2) is 13.6. The van der Waals surface area contributed by atoms with Gasteiger partial charge in [-0.1, -0.05) is 36.1 Å². The van der Waals surface area contributed by atoms with Gasteiger partial charge in [0.2, 0.25) is 0 Å². The molecule has 1 aromatic heterocycles. The molecule has 2 atom stereocenters. The molecule has 1 aliphatic heterocycles. The number of aromatic hydroxyl groups is 2. The first kappa shape index (κ1) is 27.1. The van der Waals surface area contributed by atoms with Crippen LogP contribution in [-0.2, 0) is 17.7 Å². The molecule has 196 valence electrons. The van der Waals surface area contributed by atoms with E-state index in [4.69, 9.17) is 10.00 Å². The van der Waals surface area contributed by atoms with E-state index in [-0.39, 0.29) is 17.7 Å². The summed E-state index contributed by atoms with van der Waals surface area (Å²) in [5, 5.41) is 32.3. The van der Waals surface area contributed by atoms with Crippen molar-refractivity contribution in [2.45, 2.75) is 38.3 Å². The van der Waals surface area contributed by atoms with Crippen LogP contribution in [0.4, 0.5) is 0 Å². The first-order valence-corrected chi connectivity index (χ1v) is 12.8. The number of ether oxygens (including phenoxy) is 1. The molecule has 8 heteroatoms. The lowest BCUT2D eigenvalue weighted by Gasteiger charge is -2.26. The molecule has 2 heterocycles. The Labute approximate surface area is 223 Å². The highest BCUT2D eigenvalue weighted by atomic mass is 16.5. The van der Waals surface area contributed by atoms with Crippen molar-refractivity contribution in [3.05, 3.63) is 82.8 Å². The highest BCUT2D eigenvalue weighted by Gasteiger charge is 2.19. The van der Waals surface area contributed by atoms with E-state index in [0.717, 1.165) is 49.5 Å². The normalized spacial score (nSPS) is 15.2. The average molecular weight is 512 g/mol. The van der Waals surface area contributed by atoms with E-state index in [1.165, 1.54) is 11.9 Å². The van der Waals surface area contributed by atoms with E-state index in [0.29, 0.717) is 25.1 Å². The van der Waals surface area contributed by atoms with E-state index in [1.807, 2.05) is 31.2 Å². The maximum atomic E-state index is 10.2. The summed E-state index contributed by atoms with van der Waals surface area (Å²) in [6.07, 6.45) is 2.03. The maximum Gasteiger partial charge on any atom is 0.257 e. The Hall–Kier alpha value is -3.95. The lowest BCUT2D eigenvalue weighted by Crippen LogP contribution is -2.35. The van der Waals surface area contributed by atoms with Crippen LogP contribution in [0.5, 0.6) is 11.6 Å². The zero-order valence-electron chi connectivity index (χ0n) is 21.6. The van der Waals surface area contributed by atoms with Gasteiger partial charge >= 0.3 is 0 Å². The van der Waals surface area contributed by atoms with E-state index in [9.17, 15) is 10.2 Å². The molecule has 38 heavy (non-hydrogen) atoms. The Kier molecular flexibility index (Phi) is 9.66. The monoisotopic (exact) mass is 511 g/mol. The van der Waals surface area contributed by atoms with Crippen LogP contribution in [0.25, 0.3) is 0 Å². The van der Waals surface area contributed by atoms with Gasteiger partial charge in [0.15, 0.2) is 5.75 Å². The van der Waals surface area contributed by atoms with Crippen LogP contribution in [-0.4, -0.2) is 64.0 Å². The largest absolute Gasteiger partial charge is 0.502 e. The van der Waals surface area contributed by atoms with E-state index >= 15 is 0 Å². The van der Waals surface area contributed by atoms with Gasteiger partial charge in [-0.2, -0.15) is 10.2 Å². The van der Waals surface area contributed by atoms with Gasteiger partial charge in [-0.15, -0.1) is 0 Å². The average Bonchev–Trinajstić information content (AvgIpc) is 2.94. The molecule has 3 N–H and O–H groups in total. The molecule has 8 nitrogen and oxygen atoms in total. The number of morpholine rings is 1. The van der Waals surface area contributed by atoms with E-state index < -0.39 is 5.88 Å². The Morgan fingerprint density at radius 2 is 1.66 bits per heavy atom. The number of nitriles is 1. The number of nitrogens with zero attached hydrogens (tertiary/aromatic N) is 4. The highest BCUT2D eigenvalue weighted by molar-refractivity contribution is 5.45. The van der Waals surface area contributed by atoms with Gasteiger partial charge in [0.05, 0.1) is 31.4 Å². The van der Waals surface area contributed by atoms with Crippen LogP contribution >= 0.6 is 0 Å². The van der Waals surface area contributed by atoms with Gasteiger partial charge in [0.1, 0.15) is 6.33 Å². The quantitative estimate of drug-likeness (QED) is 0.375. The Morgan fingerprint density at radius 3 is 2.32 bits per heavy atom. The van der Waals surface area contributed by atoms with Crippen LogP contribution < -0.4 is 5.32 Å². The third-order valence-corrected chi connectivity index (χ3v) is 6.63. The second-order valence-electron chi connectivity index (χ2n) is 9.52. The Morgan fingerprint density at radius 1 is 1.00 bits per heavy atom. The van der Waals surface area contributed by atoms with Crippen LogP contribution in [0.15, 0.2) is 54.9 Å². The zero-order valence-corrected chi connectivity index (χ0v) is 21.6. The zero-order chi connectivity index (χ0) is 26.7. The fraction of sp³-hybridized carbons (Fsp3) is 0.367. The van der Waals surface area contributed by atoms with Crippen LogP contribution in [0.1, 0.15) is 47.2 Å². The molecule has 1 unspecified atom stereocenters. The molecule has 1 saturated heterocycles. The van der Waals surface area contributed by atoms with Gasteiger partial charge in [-0.25, -0.2) is 4.98 Å². The Balaban J connectivity index is 1.43. The smallest absolute Gasteiger partial charge is 0.257 e. The lowest BCUT2D eigenvalue weighted by atomic mass is 9.92. The highest BCUT2D eigenvalue weighted by Crippen LogP contribution is 2.29. The lowest BCUT2D eigenvalue weighted by molar-refractivity contribution is 0.0342. The van der Waals surface area contributed by atoms with Crippen molar-refractivity contribution in [3.63, 3.8) is 0 Å². The SMILES string of the molecule is C[C@H](CC#N)NCC(Cc1ncnc(O)c1O)c1ccc(C#Cc2ccc(CN3CCOCC3)cc2)cc1.